The van der Waals surface area contributed by atoms with Crippen LogP contribution in [0.4, 0.5) is 14.5 Å². The summed E-state index contributed by atoms with van der Waals surface area (Å²) in [6, 6.07) is 0. The molecule has 94 valence electrons. The van der Waals surface area contributed by atoms with E-state index in [0.29, 0.717) is 0 Å². The first-order valence-electron chi connectivity index (χ1n) is 3.72. The average Bonchev–Trinajstić information content (AvgIpc) is 2.14. The zero-order valence-corrected chi connectivity index (χ0v) is 11.3. The van der Waals surface area contributed by atoms with Crippen molar-refractivity contribution in [3.8, 4) is 0 Å². The number of pyridine rings is 1. The summed E-state index contributed by atoms with van der Waals surface area (Å²) >= 11 is 1.39. The summed E-state index contributed by atoms with van der Waals surface area (Å²) < 4.78 is 47.1. The predicted molar refractivity (Wildman–Crippen MR) is 61.6 cm³/mol. The lowest BCUT2D eigenvalue weighted by molar-refractivity contribution is -0.389. The van der Waals surface area contributed by atoms with Crippen LogP contribution in [0.5, 0.6) is 0 Å². The Morgan fingerprint density at radius 3 is 2.41 bits per heavy atom. The Labute approximate surface area is 112 Å². The SMILES string of the molecule is O=[N+]([O-])c1c(S(=O)(=O)Cl)ncc(I)c1C(F)F. The summed E-state index contributed by atoms with van der Waals surface area (Å²) in [6.07, 6.45) is -2.42. The number of halogens is 4. The third-order valence-electron chi connectivity index (χ3n) is 1.64. The molecule has 11 heteroatoms. The number of rotatable bonds is 3. The van der Waals surface area contributed by atoms with Crippen LogP contribution in [0.25, 0.3) is 0 Å². The zero-order chi connectivity index (χ0) is 13.4. The van der Waals surface area contributed by atoms with Gasteiger partial charge in [0, 0.05) is 20.4 Å². The van der Waals surface area contributed by atoms with E-state index in [1.165, 1.54) is 22.6 Å². The van der Waals surface area contributed by atoms with Gasteiger partial charge in [0.05, 0.1) is 4.92 Å². The highest BCUT2D eigenvalue weighted by Crippen LogP contribution is 2.37. The van der Waals surface area contributed by atoms with Crippen molar-refractivity contribution in [2.45, 2.75) is 11.5 Å². The second-order valence-corrected chi connectivity index (χ2v) is 6.31. The van der Waals surface area contributed by atoms with Gasteiger partial charge in [0.25, 0.3) is 15.5 Å². The summed E-state index contributed by atoms with van der Waals surface area (Å²) in [5.74, 6) is 0. The highest BCUT2D eigenvalue weighted by atomic mass is 127. The van der Waals surface area contributed by atoms with Gasteiger partial charge in [-0.15, -0.1) is 0 Å². The molecular formula is C6H2ClF2IN2O4S. The lowest BCUT2D eigenvalue weighted by Crippen LogP contribution is -2.07. The summed E-state index contributed by atoms with van der Waals surface area (Å²) in [5, 5.41) is 9.47. The number of alkyl halides is 2. The quantitative estimate of drug-likeness (QED) is 0.338. The lowest BCUT2D eigenvalue weighted by Gasteiger charge is -2.06. The van der Waals surface area contributed by atoms with E-state index in [1.54, 1.807) is 0 Å². The van der Waals surface area contributed by atoms with Crippen LogP contribution in [0, 0.1) is 13.7 Å². The highest BCUT2D eigenvalue weighted by molar-refractivity contribution is 14.1. The van der Waals surface area contributed by atoms with Crippen LogP contribution >= 0.6 is 33.3 Å². The molecule has 0 N–H and O–H groups in total. The molecule has 1 rings (SSSR count). The molecule has 0 aliphatic heterocycles. The Kier molecular flexibility index (Phi) is 4.19. The van der Waals surface area contributed by atoms with E-state index < -0.39 is 36.7 Å². The van der Waals surface area contributed by atoms with Crippen LogP contribution in [0.15, 0.2) is 11.2 Å². The van der Waals surface area contributed by atoms with Crippen LogP contribution < -0.4 is 0 Å². The molecule has 0 atom stereocenters. The van der Waals surface area contributed by atoms with Gasteiger partial charge in [-0.25, -0.2) is 22.2 Å². The van der Waals surface area contributed by atoms with Crippen molar-refractivity contribution in [1.82, 2.24) is 4.98 Å². The molecule has 0 spiro atoms. The molecule has 0 fully saturated rings. The molecule has 6 nitrogen and oxygen atoms in total. The maximum Gasteiger partial charge on any atom is 0.317 e. The number of hydrogen-bond acceptors (Lipinski definition) is 5. The van der Waals surface area contributed by atoms with E-state index in [2.05, 4.69) is 4.98 Å². The Morgan fingerprint density at radius 1 is 1.53 bits per heavy atom. The molecule has 0 aliphatic rings. The van der Waals surface area contributed by atoms with Gasteiger partial charge in [-0.05, 0) is 22.6 Å². The van der Waals surface area contributed by atoms with Gasteiger partial charge < -0.3 is 0 Å². The largest absolute Gasteiger partial charge is 0.317 e. The number of nitrogens with zero attached hydrogens (tertiary/aromatic N) is 2. The number of hydrogen-bond donors (Lipinski definition) is 0. The molecular weight excluding hydrogens is 396 g/mol. The van der Waals surface area contributed by atoms with Crippen molar-refractivity contribution in [3.63, 3.8) is 0 Å². The van der Waals surface area contributed by atoms with Gasteiger partial charge in [0.2, 0.25) is 5.03 Å². The first-order valence-corrected chi connectivity index (χ1v) is 7.10. The second-order valence-electron chi connectivity index (χ2n) is 2.67. The van der Waals surface area contributed by atoms with E-state index >= 15 is 0 Å². The van der Waals surface area contributed by atoms with E-state index in [1.807, 2.05) is 0 Å². The van der Waals surface area contributed by atoms with Crippen molar-refractivity contribution in [2.24, 2.45) is 0 Å². The molecule has 0 unspecified atom stereocenters. The van der Waals surface area contributed by atoms with E-state index in [0.717, 1.165) is 6.20 Å². The second kappa shape index (κ2) is 4.94. The van der Waals surface area contributed by atoms with Gasteiger partial charge >= 0.3 is 5.69 Å². The van der Waals surface area contributed by atoms with Crippen LogP contribution in [0.1, 0.15) is 12.0 Å². The fourth-order valence-corrected chi connectivity index (χ4v) is 2.60. The van der Waals surface area contributed by atoms with Crippen molar-refractivity contribution in [1.29, 1.82) is 0 Å². The van der Waals surface area contributed by atoms with Crippen molar-refractivity contribution >= 4 is 48.0 Å². The average molecular weight is 399 g/mol. The third kappa shape index (κ3) is 2.98. The van der Waals surface area contributed by atoms with Crippen molar-refractivity contribution in [3.05, 3.63) is 25.4 Å². The molecule has 0 bridgehead atoms. The van der Waals surface area contributed by atoms with Gasteiger partial charge in [-0.2, -0.15) is 0 Å². The molecule has 17 heavy (non-hydrogen) atoms. The Morgan fingerprint density at radius 2 is 2.06 bits per heavy atom. The number of aromatic nitrogens is 1. The Balaban J connectivity index is 3.78. The summed E-state index contributed by atoms with van der Waals surface area (Å²) in [4.78, 5) is 12.6. The molecule has 0 saturated heterocycles. The van der Waals surface area contributed by atoms with E-state index in [-0.39, 0.29) is 3.57 Å². The van der Waals surface area contributed by atoms with Gasteiger partial charge in [0.15, 0.2) is 0 Å². The third-order valence-corrected chi connectivity index (χ3v) is 3.70. The molecule has 0 radical (unpaired) electrons. The molecule has 1 heterocycles. The normalized spacial score (nSPS) is 11.8. The Bertz CT molecular complexity index is 580. The van der Waals surface area contributed by atoms with Crippen LogP contribution in [-0.4, -0.2) is 18.3 Å². The molecule has 0 saturated carbocycles. The monoisotopic (exact) mass is 398 g/mol. The highest BCUT2D eigenvalue weighted by Gasteiger charge is 2.35. The molecule has 0 amide bonds. The molecule has 1 aromatic rings. The maximum atomic E-state index is 12.6. The molecule has 1 aromatic heterocycles. The van der Waals surface area contributed by atoms with Gasteiger partial charge in [0.1, 0.15) is 5.56 Å². The molecule has 0 aliphatic carbocycles. The maximum absolute atomic E-state index is 12.6. The number of nitro groups is 1. The standard InChI is InChI=1S/C6H2ClF2IN2O4S/c7-17(15,16)6-4(12(13)14)3(5(8)9)2(10)1-11-6/h1,5H. The van der Waals surface area contributed by atoms with Crippen molar-refractivity contribution < 1.29 is 22.1 Å². The lowest BCUT2D eigenvalue weighted by atomic mass is 10.2. The summed E-state index contributed by atoms with van der Waals surface area (Å²) in [5.41, 5.74) is -2.30. The van der Waals surface area contributed by atoms with Crippen LogP contribution in [0.2, 0.25) is 0 Å². The van der Waals surface area contributed by atoms with Gasteiger partial charge in [-0.3, -0.25) is 10.1 Å². The van der Waals surface area contributed by atoms with Crippen LogP contribution in [-0.2, 0) is 9.05 Å². The van der Waals surface area contributed by atoms with Crippen molar-refractivity contribution in [2.75, 3.05) is 0 Å². The predicted octanol–water partition coefficient (Wildman–Crippen LogP) is 2.46. The van der Waals surface area contributed by atoms with Crippen LogP contribution in [0.3, 0.4) is 0 Å². The van der Waals surface area contributed by atoms with E-state index in [9.17, 15) is 27.3 Å². The van der Waals surface area contributed by atoms with Gasteiger partial charge in [-0.1, -0.05) is 0 Å². The first-order chi connectivity index (χ1) is 7.66. The first kappa shape index (κ1) is 14.4. The smallest absolute Gasteiger partial charge is 0.258 e. The fraction of sp³-hybridized carbons (Fsp3) is 0.167. The summed E-state index contributed by atoms with van der Waals surface area (Å²) in [7, 11) is 0.326. The minimum absolute atomic E-state index is 0.214. The minimum Gasteiger partial charge on any atom is -0.258 e. The molecule has 0 aromatic carbocycles. The Hall–Kier alpha value is -0.620. The topological polar surface area (TPSA) is 90.2 Å². The fourth-order valence-electron chi connectivity index (χ4n) is 1.04. The zero-order valence-electron chi connectivity index (χ0n) is 7.60. The minimum atomic E-state index is -4.57. The van der Waals surface area contributed by atoms with E-state index in [4.69, 9.17) is 10.7 Å². The summed E-state index contributed by atoms with van der Waals surface area (Å²) in [6.45, 7) is 0.